The summed E-state index contributed by atoms with van der Waals surface area (Å²) in [6.45, 7) is 0. The van der Waals surface area contributed by atoms with Crippen LogP contribution in [0, 0.1) is 0 Å². The topological polar surface area (TPSA) is 88.9 Å². The highest BCUT2D eigenvalue weighted by Gasteiger charge is 2.26. The SMILES string of the molecule is c1ccc(-c2cc(-c3ccccc3)cc(-n3c4ccccc4c4nc5ccccn5c43)c2)cc1.c1ccc(-c2ccccc2-c2ccc(-n3c4ccccc4c4nc5ccccn5c43)cc2)cc1.c1ccc2c(c1)c1ccccc1c1cc(-c3ccc(-n4c5ccccc5c5nc6ccccn6c54)cc3)ccc21.c1ccc2c(c1)c1ccccc1c1cc(-n3c4ccccc4c4nc5ccccn5c43)ccc21. The summed E-state index contributed by atoms with van der Waals surface area (Å²) in [5.74, 6) is 0. The summed E-state index contributed by atoms with van der Waals surface area (Å²) in [4.78, 5) is 19.9. The monoisotopic (exact) mass is 1810 g/mol. The van der Waals surface area contributed by atoms with Gasteiger partial charge in [-0.25, -0.2) is 19.9 Å². The molecule has 142 heavy (non-hydrogen) atoms. The second-order valence-electron chi connectivity index (χ2n) is 36.4. The Bertz CT molecular complexity index is 10300. The molecular weight excluding hydrogens is 1730 g/mol. The number of rotatable bonds is 9. The molecule has 12 heterocycles. The second-order valence-corrected chi connectivity index (χ2v) is 36.4. The van der Waals surface area contributed by atoms with E-state index in [4.69, 9.17) is 19.9 Å². The van der Waals surface area contributed by atoms with Gasteiger partial charge in [0.05, 0.1) is 22.1 Å². The fourth-order valence-corrected chi connectivity index (χ4v) is 22.1. The molecule has 664 valence electrons. The van der Waals surface area contributed by atoms with Crippen molar-refractivity contribution in [3.05, 3.63) is 510 Å². The fourth-order valence-electron chi connectivity index (χ4n) is 22.1. The van der Waals surface area contributed by atoms with Crippen LogP contribution in [0.15, 0.2) is 510 Å². The van der Waals surface area contributed by atoms with Crippen LogP contribution in [-0.4, -0.2) is 55.8 Å². The zero-order chi connectivity index (χ0) is 93.4. The van der Waals surface area contributed by atoms with Gasteiger partial charge in [-0.3, -0.25) is 35.9 Å². The summed E-state index contributed by atoms with van der Waals surface area (Å²) in [7, 11) is 0. The van der Waals surface area contributed by atoms with E-state index in [1.54, 1.807) is 0 Å². The number of hydrogen-bond donors (Lipinski definition) is 0. The smallest absolute Gasteiger partial charge is 0.150 e. The van der Waals surface area contributed by atoms with E-state index in [1.165, 1.54) is 142 Å². The number of fused-ring (bicyclic) bond motifs is 32. The number of nitrogens with zero attached hydrogens (tertiary/aromatic N) is 12. The van der Waals surface area contributed by atoms with Gasteiger partial charge in [-0.05, 0) is 254 Å². The first kappa shape index (κ1) is 81.1. The average molecular weight is 1810 g/mol. The fraction of sp³-hybridized carbons (Fsp3) is 0. The summed E-state index contributed by atoms with van der Waals surface area (Å²) in [6, 6.07) is 173. The maximum atomic E-state index is 4.99. The molecule has 0 saturated carbocycles. The first-order chi connectivity index (χ1) is 70.5. The van der Waals surface area contributed by atoms with E-state index < -0.39 is 0 Å². The Balaban J connectivity index is 0.0000000927. The Hall–Kier alpha value is -19.3. The van der Waals surface area contributed by atoms with Gasteiger partial charge in [0.15, 0.2) is 22.6 Å². The standard InChI is InChI=1S/C37H23N3.C31H19N3.2C31H21N3/c1-2-11-29-27(9-1)28-10-3-4-12-30(28)33-23-25(18-21-31(29)33)24-16-19-26(20-17-24)40-34-14-6-5-13-32(34)36-37(40)39-22-8-7-15-35(39)38-36;1-2-11-23-21(9-1)22-10-3-4-12-24(22)27-19-20(16-17-25(23)27)34-28-14-6-5-13-26(28)30-31(34)33-18-8-7-15-29(33)32-30;1-3-11-22(12-4-1)24-19-25(23-13-5-2-6-14-23)21-26(20-24)34-28-16-8-7-15-27(28)30-31(34)33-18-10-9-17-29(33)32-30;1-2-10-22(11-3-1)25-12-4-5-13-26(25)23-17-19-24(20-18-23)34-28-15-7-6-14-27(28)30-31(34)33-21-9-8-16-29(33)32-30/h1-23H;1-19H;2*1-21H. The van der Waals surface area contributed by atoms with Crippen molar-refractivity contribution in [2.24, 2.45) is 0 Å². The Kier molecular flexibility index (Phi) is 19.0. The summed E-state index contributed by atoms with van der Waals surface area (Å²) < 4.78 is 18.1. The maximum absolute atomic E-state index is 4.99. The Morgan fingerprint density at radius 1 is 0.134 bits per heavy atom. The second kappa shape index (κ2) is 33.3. The van der Waals surface area contributed by atoms with Crippen LogP contribution in [0.3, 0.4) is 0 Å². The first-order valence-corrected chi connectivity index (χ1v) is 48.2. The van der Waals surface area contributed by atoms with Crippen LogP contribution in [-0.2, 0) is 0 Å². The first-order valence-electron chi connectivity index (χ1n) is 48.2. The average Bonchev–Trinajstić information content (AvgIpc) is 1.47. The number of aromatic nitrogens is 12. The van der Waals surface area contributed by atoms with Crippen molar-refractivity contribution in [1.82, 2.24) is 55.8 Å². The number of benzene rings is 19. The molecular formula is C130H84N12. The van der Waals surface area contributed by atoms with Crippen LogP contribution in [0.2, 0.25) is 0 Å². The molecule has 0 aliphatic carbocycles. The van der Waals surface area contributed by atoms with Crippen LogP contribution in [0.4, 0.5) is 0 Å². The summed E-state index contributed by atoms with van der Waals surface area (Å²) >= 11 is 0. The van der Waals surface area contributed by atoms with Crippen LogP contribution >= 0.6 is 0 Å². The summed E-state index contributed by atoms with van der Waals surface area (Å²) in [5, 5.41) is 20.2. The molecule has 0 unspecified atom stereocenters. The molecule has 0 spiro atoms. The number of hydrogen-bond acceptors (Lipinski definition) is 4. The molecule has 0 bridgehead atoms. The third-order valence-corrected chi connectivity index (χ3v) is 28.5. The lowest BCUT2D eigenvalue weighted by molar-refractivity contribution is 1.09. The van der Waals surface area contributed by atoms with E-state index in [0.717, 1.165) is 112 Å². The molecule has 0 radical (unpaired) electrons. The van der Waals surface area contributed by atoms with E-state index >= 15 is 0 Å². The van der Waals surface area contributed by atoms with Gasteiger partial charge in [-0.1, -0.05) is 352 Å². The molecule has 0 aliphatic heterocycles. The molecule has 0 saturated heterocycles. The van der Waals surface area contributed by atoms with Gasteiger partial charge in [0.2, 0.25) is 0 Å². The van der Waals surface area contributed by atoms with Gasteiger partial charge in [-0.15, -0.1) is 0 Å². The highest BCUT2D eigenvalue weighted by molar-refractivity contribution is 6.27. The highest BCUT2D eigenvalue weighted by atomic mass is 15.2. The Morgan fingerprint density at radius 3 is 0.732 bits per heavy atom. The minimum absolute atomic E-state index is 0.953. The molecule has 12 aromatic heterocycles. The normalized spacial score (nSPS) is 11.8. The molecule has 0 atom stereocenters. The predicted molar refractivity (Wildman–Crippen MR) is 590 cm³/mol. The minimum Gasteiger partial charge on any atom is -0.294 e. The molecule has 12 nitrogen and oxygen atoms in total. The zero-order valence-electron chi connectivity index (χ0n) is 76.9. The highest BCUT2D eigenvalue weighted by Crippen LogP contribution is 2.45. The minimum atomic E-state index is 0.953. The third-order valence-electron chi connectivity index (χ3n) is 28.5. The predicted octanol–water partition coefficient (Wildman–Crippen LogP) is 33.0. The largest absolute Gasteiger partial charge is 0.294 e. The third kappa shape index (κ3) is 13.2. The summed E-state index contributed by atoms with van der Waals surface area (Å²) in [5.41, 5.74) is 33.6. The number of pyridine rings is 4. The van der Waals surface area contributed by atoms with Crippen LogP contribution in [0.25, 0.3) is 254 Å². The van der Waals surface area contributed by atoms with E-state index in [0.29, 0.717) is 0 Å². The van der Waals surface area contributed by atoms with Gasteiger partial charge >= 0.3 is 0 Å². The van der Waals surface area contributed by atoms with Gasteiger partial charge in [0.25, 0.3) is 0 Å². The van der Waals surface area contributed by atoms with Gasteiger partial charge in [-0.2, -0.15) is 0 Å². The molecule has 0 N–H and O–H groups in total. The van der Waals surface area contributed by atoms with Crippen molar-refractivity contribution < 1.29 is 0 Å². The van der Waals surface area contributed by atoms with Crippen molar-refractivity contribution in [1.29, 1.82) is 0 Å². The maximum Gasteiger partial charge on any atom is 0.150 e. The van der Waals surface area contributed by atoms with Gasteiger partial charge in [0.1, 0.15) is 44.7 Å². The van der Waals surface area contributed by atoms with Gasteiger partial charge in [0, 0.05) is 69.1 Å². The van der Waals surface area contributed by atoms with Crippen molar-refractivity contribution in [3.8, 4) is 78.4 Å². The van der Waals surface area contributed by atoms with Crippen molar-refractivity contribution >= 4 is 175 Å². The van der Waals surface area contributed by atoms with Crippen molar-refractivity contribution in [2.45, 2.75) is 0 Å². The quantitative estimate of drug-likeness (QED) is 0.135. The van der Waals surface area contributed by atoms with Crippen molar-refractivity contribution in [3.63, 3.8) is 0 Å². The molecule has 31 aromatic rings. The van der Waals surface area contributed by atoms with E-state index in [2.05, 4.69) is 522 Å². The van der Waals surface area contributed by atoms with Crippen LogP contribution < -0.4 is 0 Å². The van der Waals surface area contributed by atoms with E-state index in [9.17, 15) is 0 Å². The number of para-hydroxylation sites is 4. The van der Waals surface area contributed by atoms with Crippen molar-refractivity contribution in [2.75, 3.05) is 0 Å². The lowest BCUT2D eigenvalue weighted by Gasteiger charge is -2.14. The lowest BCUT2D eigenvalue weighted by atomic mass is 9.92. The lowest BCUT2D eigenvalue weighted by Crippen LogP contribution is -1.98. The molecule has 0 fully saturated rings. The van der Waals surface area contributed by atoms with Crippen LogP contribution in [0.1, 0.15) is 0 Å². The molecule has 31 rings (SSSR count). The van der Waals surface area contributed by atoms with E-state index in [1.807, 2.05) is 24.3 Å². The Labute approximate surface area is 814 Å². The molecule has 19 aromatic carbocycles. The molecule has 0 amide bonds. The van der Waals surface area contributed by atoms with Gasteiger partial charge < -0.3 is 0 Å². The molecule has 0 aliphatic rings. The summed E-state index contributed by atoms with van der Waals surface area (Å²) in [6.07, 6.45) is 8.38. The molecule has 12 heteroatoms. The number of imidazole rings is 4. The Morgan fingerprint density at radius 2 is 0.373 bits per heavy atom. The zero-order valence-corrected chi connectivity index (χ0v) is 76.9. The van der Waals surface area contributed by atoms with Crippen LogP contribution in [0.5, 0.6) is 0 Å². The van der Waals surface area contributed by atoms with E-state index in [-0.39, 0.29) is 0 Å².